The highest BCUT2D eigenvalue weighted by Gasteiger charge is 2.47. The summed E-state index contributed by atoms with van der Waals surface area (Å²) < 4.78 is 0. The molecule has 0 saturated heterocycles. The van der Waals surface area contributed by atoms with Crippen LogP contribution in [0.25, 0.3) is 0 Å². The molecule has 92 valence electrons. The minimum absolute atomic E-state index is 0.262. The van der Waals surface area contributed by atoms with Crippen molar-refractivity contribution in [3.8, 4) is 6.07 Å². The summed E-state index contributed by atoms with van der Waals surface area (Å²) in [5.74, 6) is 0. The molecular formula is C14H26N2. The first-order valence-corrected chi connectivity index (χ1v) is 6.41. The third kappa shape index (κ3) is 3.22. The summed E-state index contributed by atoms with van der Waals surface area (Å²) in [4.78, 5) is 0. The van der Waals surface area contributed by atoms with E-state index in [4.69, 9.17) is 0 Å². The number of nitrogens with one attached hydrogen (secondary N) is 1. The second kappa shape index (κ2) is 4.37. The molecule has 1 aliphatic carbocycles. The van der Waals surface area contributed by atoms with Gasteiger partial charge in [0.05, 0.1) is 6.07 Å². The maximum Gasteiger partial charge on any atom is 0.107 e. The van der Waals surface area contributed by atoms with Crippen LogP contribution in [-0.2, 0) is 0 Å². The van der Waals surface area contributed by atoms with E-state index in [0.29, 0.717) is 0 Å². The molecule has 2 heteroatoms. The Morgan fingerprint density at radius 2 is 1.56 bits per heavy atom. The molecule has 1 rings (SSSR count). The fourth-order valence-corrected chi connectivity index (χ4v) is 3.72. The Hall–Kier alpha value is -0.550. The van der Waals surface area contributed by atoms with Crippen LogP contribution in [0.4, 0.5) is 0 Å². The van der Waals surface area contributed by atoms with Crippen molar-refractivity contribution in [1.29, 1.82) is 5.26 Å². The van der Waals surface area contributed by atoms with Gasteiger partial charge in [0.15, 0.2) is 0 Å². The Bertz CT molecular complexity index is 268. The fourth-order valence-electron chi connectivity index (χ4n) is 3.72. The van der Waals surface area contributed by atoms with Crippen LogP contribution in [0.15, 0.2) is 0 Å². The molecule has 0 aromatic heterocycles. The highest BCUT2D eigenvalue weighted by Crippen LogP contribution is 2.49. The zero-order valence-corrected chi connectivity index (χ0v) is 11.5. The fraction of sp³-hybridized carbons (Fsp3) is 0.929. The summed E-state index contributed by atoms with van der Waals surface area (Å²) in [6.45, 7) is 12.2. The second-order valence-corrected chi connectivity index (χ2v) is 6.98. The highest BCUT2D eigenvalue weighted by atomic mass is 15.0. The molecule has 0 heterocycles. The number of rotatable bonds is 3. The highest BCUT2D eigenvalue weighted by molar-refractivity contribution is 5.14. The standard InChI is InChI=1S/C14H26N2/c1-6-7-16-14(11-15)9-12(2,3)8-13(4,5)10-14/h16H,6-10H2,1-5H3. The van der Waals surface area contributed by atoms with Gasteiger partial charge < -0.3 is 0 Å². The van der Waals surface area contributed by atoms with E-state index in [-0.39, 0.29) is 16.4 Å². The second-order valence-electron chi connectivity index (χ2n) is 6.98. The van der Waals surface area contributed by atoms with Crippen molar-refractivity contribution in [1.82, 2.24) is 5.32 Å². The minimum atomic E-state index is -0.304. The molecule has 0 aromatic rings. The van der Waals surface area contributed by atoms with Crippen LogP contribution in [0.5, 0.6) is 0 Å². The first kappa shape index (κ1) is 13.5. The van der Waals surface area contributed by atoms with Crippen molar-refractivity contribution in [3.63, 3.8) is 0 Å². The van der Waals surface area contributed by atoms with Gasteiger partial charge >= 0.3 is 0 Å². The van der Waals surface area contributed by atoms with Gasteiger partial charge in [0.25, 0.3) is 0 Å². The minimum Gasteiger partial charge on any atom is -0.299 e. The quantitative estimate of drug-likeness (QED) is 0.793. The van der Waals surface area contributed by atoms with Crippen LogP contribution in [0.2, 0.25) is 0 Å². The third-order valence-corrected chi connectivity index (χ3v) is 3.45. The number of hydrogen-bond donors (Lipinski definition) is 1. The van der Waals surface area contributed by atoms with E-state index in [0.717, 1.165) is 25.8 Å². The number of hydrogen-bond acceptors (Lipinski definition) is 2. The third-order valence-electron chi connectivity index (χ3n) is 3.45. The molecule has 0 amide bonds. The molecule has 0 atom stereocenters. The Morgan fingerprint density at radius 1 is 1.06 bits per heavy atom. The van der Waals surface area contributed by atoms with Crippen molar-refractivity contribution in [2.45, 2.75) is 65.8 Å². The Kier molecular flexibility index (Phi) is 3.69. The Labute approximate surface area is 100 Å². The Balaban J connectivity index is 2.89. The predicted octanol–water partition coefficient (Wildman–Crippen LogP) is 3.48. The predicted molar refractivity (Wildman–Crippen MR) is 68.1 cm³/mol. The van der Waals surface area contributed by atoms with Crippen LogP contribution in [0.1, 0.15) is 60.3 Å². The average molecular weight is 222 g/mol. The van der Waals surface area contributed by atoms with E-state index in [1.165, 1.54) is 6.42 Å². The monoisotopic (exact) mass is 222 g/mol. The van der Waals surface area contributed by atoms with E-state index >= 15 is 0 Å². The topological polar surface area (TPSA) is 35.8 Å². The molecule has 1 aliphatic rings. The van der Waals surface area contributed by atoms with E-state index in [9.17, 15) is 5.26 Å². The molecule has 0 aromatic carbocycles. The molecule has 0 aliphatic heterocycles. The van der Waals surface area contributed by atoms with Gasteiger partial charge in [-0.2, -0.15) is 5.26 Å². The van der Waals surface area contributed by atoms with Crippen molar-refractivity contribution in [2.75, 3.05) is 6.54 Å². The number of nitriles is 1. The maximum absolute atomic E-state index is 9.52. The summed E-state index contributed by atoms with van der Waals surface area (Å²) in [6.07, 6.45) is 4.24. The summed E-state index contributed by atoms with van der Waals surface area (Å²) in [6, 6.07) is 2.55. The van der Waals surface area contributed by atoms with Crippen LogP contribution in [-0.4, -0.2) is 12.1 Å². The van der Waals surface area contributed by atoms with Gasteiger partial charge in [-0.25, -0.2) is 0 Å². The van der Waals surface area contributed by atoms with Crippen molar-refractivity contribution < 1.29 is 0 Å². The maximum atomic E-state index is 9.52. The van der Waals surface area contributed by atoms with Crippen molar-refractivity contribution in [3.05, 3.63) is 0 Å². The lowest BCUT2D eigenvalue weighted by atomic mass is 9.59. The van der Waals surface area contributed by atoms with Gasteiger partial charge in [-0.05, 0) is 43.1 Å². The molecule has 2 nitrogen and oxygen atoms in total. The summed E-state index contributed by atoms with van der Waals surface area (Å²) >= 11 is 0. The molecule has 0 bridgehead atoms. The van der Waals surface area contributed by atoms with Crippen molar-refractivity contribution >= 4 is 0 Å². The van der Waals surface area contributed by atoms with Crippen LogP contribution >= 0.6 is 0 Å². The Morgan fingerprint density at radius 3 is 1.94 bits per heavy atom. The molecule has 0 radical (unpaired) electrons. The zero-order chi connectivity index (χ0) is 12.4. The molecular weight excluding hydrogens is 196 g/mol. The lowest BCUT2D eigenvalue weighted by molar-refractivity contribution is 0.0555. The molecule has 1 saturated carbocycles. The van der Waals surface area contributed by atoms with Gasteiger partial charge in [0.2, 0.25) is 0 Å². The number of nitrogens with zero attached hydrogens (tertiary/aromatic N) is 1. The van der Waals surface area contributed by atoms with Crippen molar-refractivity contribution in [2.24, 2.45) is 10.8 Å². The van der Waals surface area contributed by atoms with Gasteiger partial charge in [-0.15, -0.1) is 0 Å². The molecule has 1 N–H and O–H groups in total. The van der Waals surface area contributed by atoms with Crippen LogP contribution < -0.4 is 5.32 Å². The lowest BCUT2D eigenvalue weighted by Crippen LogP contribution is -2.54. The van der Waals surface area contributed by atoms with Gasteiger partial charge in [-0.1, -0.05) is 34.6 Å². The van der Waals surface area contributed by atoms with E-state index in [2.05, 4.69) is 46.0 Å². The van der Waals surface area contributed by atoms with E-state index in [1.807, 2.05) is 0 Å². The summed E-state index contributed by atoms with van der Waals surface area (Å²) in [5.41, 5.74) is 0.220. The van der Waals surface area contributed by atoms with Crippen LogP contribution in [0, 0.1) is 22.2 Å². The van der Waals surface area contributed by atoms with Gasteiger partial charge in [-0.3, -0.25) is 5.32 Å². The first-order valence-electron chi connectivity index (χ1n) is 6.41. The molecule has 0 unspecified atom stereocenters. The van der Waals surface area contributed by atoms with Gasteiger partial charge in [0.1, 0.15) is 5.54 Å². The largest absolute Gasteiger partial charge is 0.299 e. The molecule has 1 fully saturated rings. The van der Waals surface area contributed by atoms with E-state index < -0.39 is 0 Å². The summed E-state index contributed by atoms with van der Waals surface area (Å²) in [5, 5.41) is 13.0. The van der Waals surface area contributed by atoms with E-state index in [1.54, 1.807) is 0 Å². The summed E-state index contributed by atoms with van der Waals surface area (Å²) in [7, 11) is 0. The zero-order valence-electron chi connectivity index (χ0n) is 11.5. The molecule has 16 heavy (non-hydrogen) atoms. The normalized spacial score (nSPS) is 26.0. The van der Waals surface area contributed by atoms with Crippen LogP contribution in [0.3, 0.4) is 0 Å². The lowest BCUT2D eigenvalue weighted by Gasteiger charge is -2.49. The average Bonchev–Trinajstić information content (AvgIpc) is 2.10. The smallest absolute Gasteiger partial charge is 0.107 e. The molecule has 0 spiro atoms. The SMILES string of the molecule is CCCNC1(C#N)CC(C)(C)CC(C)(C)C1. The van der Waals surface area contributed by atoms with Gasteiger partial charge in [0, 0.05) is 0 Å². The first-order chi connectivity index (χ1) is 7.24.